The minimum Gasteiger partial charge on any atom is -0.510 e. The molecule has 0 spiro atoms. The summed E-state index contributed by atoms with van der Waals surface area (Å²) in [5.41, 5.74) is -1.50. The predicted molar refractivity (Wildman–Crippen MR) is 132 cm³/mol. The average Bonchev–Trinajstić information content (AvgIpc) is 2.80. The fourth-order valence-electron chi connectivity index (χ4n) is 5.97. The van der Waals surface area contributed by atoms with Crippen LogP contribution in [0.25, 0.3) is 0 Å². The van der Waals surface area contributed by atoms with Crippen LogP contribution in [0.15, 0.2) is 47.2 Å². The first kappa shape index (κ1) is 27.9. The quantitative estimate of drug-likeness (QED) is 0.236. The lowest BCUT2D eigenvalue weighted by Gasteiger charge is -2.52. The highest BCUT2D eigenvalue weighted by Gasteiger charge is 2.56. The summed E-state index contributed by atoms with van der Waals surface area (Å²) in [6.45, 7) is 8.25. The lowest BCUT2D eigenvalue weighted by atomic mass is 9.54. The molecule has 1 aliphatic heterocycles. The average molecular weight is 524 g/mol. The maximum atomic E-state index is 13.9. The largest absolute Gasteiger partial charge is 0.510 e. The van der Waals surface area contributed by atoms with Crippen molar-refractivity contribution in [2.75, 3.05) is 0 Å². The summed E-state index contributed by atoms with van der Waals surface area (Å²) in [6, 6.07) is 0. The van der Waals surface area contributed by atoms with Crippen molar-refractivity contribution in [1.29, 1.82) is 0 Å². The Labute approximate surface area is 215 Å². The van der Waals surface area contributed by atoms with Crippen LogP contribution < -0.4 is 0 Å². The summed E-state index contributed by atoms with van der Waals surface area (Å²) in [4.78, 5) is 42.6. The molecule has 36 heavy (non-hydrogen) atoms. The summed E-state index contributed by atoms with van der Waals surface area (Å²) in [7, 11) is 0. The van der Waals surface area contributed by atoms with Crippen LogP contribution in [-0.2, 0) is 19.2 Å². The summed E-state index contributed by atoms with van der Waals surface area (Å²) in [5.74, 6) is -5.68. The molecular weight excluding hydrogens is 490 g/mol. The van der Waals surface area contributed by atoms with Gasteiger partial charge in [-0.15, -0.1) is 10.1 Å². The van der Waals surface area contributed by atoms with E-state index >= 15 is 0 Å². The zero-order chi connectivity index (χ0) is 26.9. The van der Waals surface area contributed by atoms with E-state index in [1.54, 1.807) is 26.0 Å². The molecule has 0 aromatic heterocycles. The SMILES string of the molecule is C[C@H]1[C@H]2[C@@H]3C(=O)/C(Cl)=C(\O)[C@H](C)C(=O)O[C@@H](C)/C=C/C=C\[C@@H](C)[C@@H]3C=C[C@@H]2C[C@@](C)(O)[C@@H]1O[N+](=O)[O-]. The molecule has 2 aliphatic carbocycles. The molecule has 0 saturated heterocycles. The molecule has 10 atom stereocenters. The Bertz CT molecular complexity index is 1020. The van der Waals surface area contributed by atoms with Gasteiger partial charge >= 0.3 is 5.97 Å². The second-order valence-electron chi connectivity index (χ2n) is 10.5. The van der Waals surface area contributed by atoms with Crippen LogP contribution in [0.2, 0.25) is 0 Å². The zero-order valence-corrected chi connectivity index (χ0v) is 21.8. The van der Waals surface area contributed by atoms with E-state index in [2.05, 4.69) is 0 Å². The van der Waals surface area contributed by atoms with Gasteiger partial charge in [0.15, 0.2) is 5.78 Å². The molecule has 0 aromatic rings. The number of hydrogen-bond donors (Lipinski definition) is 2. The molecule has 0 bridgehead atoms. The molecule has 198 valence electrons. The summed E-state index contributed by atoms with van der Waals surface area (Å²) >= 11 is 6.43. The van der Waals surface area contributed by atoms with E-state index in [0.717, 1.165) is 0 Å². The number of carbonyl (C=O) groups is 2. The van der Waals surface area contributed by atoms with Crippen molar-refractivity contribution in [2.24, 2.45) is 41.4 Å². The normalized spacial score (nSPS) is 45.5. The number of aliphatic hydroxyl groups excluding tert-OH is 1. The lowest BCUT2D eigenvalue weighted by molar-refractivity contribution is -0.776. The number of fused-ring (bicyclic) bond motifs is 3. The molecule has 2 N–H and O–H groups in total. The maximum Gasteiger partial charge on any atom is 0.316 e. The Morgan fingerprint density at radius 2 is 1.78 bits per heavy atom. The first-order valence-corrected chi connectivity index (χ1v) is 12.5. The number of cyclic esters (lactones) is 1. The number of rotatable bonds is 2. The number of ketones is 1. The number of aliphatic hydroxyl groups is 2. The van der Waals surface area contributed by atoms with Gasteiger partial charge in [-0.25, -0.2) is 0 Å². The van der Waals surface area contributed by atoms with E-state index < -0.39 is 69.1 Å². The molecule has 3 aliphatic rings. The maximum absolute atomic E-state index is 13.9. The topological polar surface area (TPSA) is 136 Å². The minimum atomic E-state index is -1.50. The molecular formula is C26H34ClNO8. The summed E-state index contributed by atoms with van der Waals surface area (Å²) in [5, 5.41) is 31.6. The molecule has 9 nitrogen and oxygen atoms in total. The van der Waals surface area contributed by atoms with Gasteiger partial charge in [0.05, 0.1) is 5.60 Å². The van der Waals surface area contributed by atoms with Crippen molar-refractivity contribution < 1.29 is 34.5 Å². The number of allylic oxidation sites excluding steroid dienone is 6. The highest BCUT2D eigenvalue weighted by Crippen LogP contribution is 2.52. The highest BCUT2D eigenvalue weighted by atomic mass is 35.5. The fraction of sp³-hybridized carbons (Fsp3) is 0.615. The van der Waals surface area contributed by atoms with E-state index in [4.69, 9.17) is 21.2 Å². The third-order valence-corrected chi connectivity index (χ3v) is 8.16. The van der Waals surface area contributed by atoms with Crippen molar-refractivity contribution >= 4 is 23.4 Å². The molecule has 0 unspecified atom stereocenters. The van der Waals surface area contributed by atoms with Gasteiger partial charge < -0.3 is 19.8 Å². The van der Waals surface area contributed by atoms with Gasteiger partial charge in [-0.2, -0.15) is 0 Å². The number of hydrogen-bond acceptors (Lipinski definition) is 8. The Morgan fingerprint density at radius 3 is 2.42 bits per heavy atom. The first-order chi connectivity index (χ1) is 16.8. The molecule has 0 amide bonds. The first-order valence-electron chi connectivity index (χ1n) is 12.2. The van der Waals surface area contributed by atoms with E-state index in [1.807, 2.05) is 31.2 Å². The predicted octanol–water partition coefficient (Wildman–Crippen LogP) is 4.30. The molecule has 10 heteroatoms. The Morgan fingerprint density at radius 1 is 1.14 bits per heavy atom. The van der Waals surface area contributed by atoms with Crippen molar-refractivity contribution in [3.05, 3.63) is 57.4 Å². The van der Waals surface area contributed by atoms with Crippen LogP contribution in [0.4, 0.5) is 0 Å². The number of halogens is 1. The van der Waals surface area contributed by atoms with E-state index in [-0.39, 0.29) is 24.2 Å². The zero-order valence-electron chi connectivity index (χ0n) is 21.0. The molecule has 1 fully saturated rings. The number of esters is 1. The molecule has 3 rings (SSSR count). The fourth-order valence-corrected chi connectivity index (χ4v) is 6.26. The van der Waals surface area contributed by atoms with Crippen molar-refractivity contribution in [3.8, 4) is 0 Å². The number of nitrogens with zero attached hydrogens (tertiary/aromatic N) is 1. The van der Waals surface area contributed by atoms with Crippen LogP contribution in [-0.4, -0.2) is 44.9 Å². The van der Waals surface area contributed by atoms with Crippen LogP contribution >= 0.6 is 11.6 Å². The Kier molecular flexibility index (Phi) is 8.35. The van der Waals surface area contributed by atoms with Crippen LogP contribution in [0.5, 0.6) is 0 Å². The minimum absolute atomic E-state index is 0.143. The molecule has 1 saturated carbocycles. The highest BCUT2D eigenvalue weighted by molar-refractivity contribution is 6.43. The van der Waals surface area contributed by atoms with E-state index in [0.29, 0.717) is 0 Å². The van der Waals surface area contributed by atoms with Crippen molar-refractivity contribution in [3.63, 3.8) is 0 Å². The van der Waals surface area contributed by atoms with Gasteiger partial charge in [0.1, 0.15) is 28.9 Å². The lowest BCUT2D eigenvalue weighted by Crippen LogP contribution is -2.58. The van der Waals surface area contributed by atoms with Gasteiger partial charge in [-0.05, 0) is 62.9 Å². The Hall–Kier alpha value is -2.65. The third-order valence-electron chi connectivity index (χ3n) is 7.78. The van der Waals surface area contributed by atoms with Crippen LogP contribution in [0, 0.1) is 51.5 Å². The summed E-state index contributed by atoms with van der Waals surface area (Å²) < 4.78 is 5.33. The van der Waals surface area contributed by atoms with E-state index in [9.17, 15) is 29.9 Å². The standard InChI is InChI=1S/C26H34ClNO8/c1-13-8-6-7-9-14(2)35-25(31)16(4)22(29)21(27)23(30)20-18(13)11-10-17-12-26(5,32)24(36-28(33)34)15(3)19(17)20/h6-11,13-20,24,29,32H,12H2,1-5H3/b8-6-,9-7+,22-21+/t13-,14+,15+,16+,17-,18+,19-,20-,24-,26-/m1/s1. The molecule has 1 heterocycles. The van der Waals surface area contributed by atoms with Gasteiger partial charge in [-0.3, -0.25) is 9.59 Å². The van der Waals surface area contributed by atoms with Gasteiger partial charge in [0.25, 0.3) is 5.09 Å². The number of ether oxygens (including phenoxy) is 1. The third kappa shape index (κ3) is 5.52. The summed E-state index contributed by atoms with van der Waals surface area (Å²) in [6.07, 6.45) is 9.49. The van der Waals surface area contributed by atoms with Gasteiger partial charge in [0.2, 0.25) is 0 Å². The van der Waals surface area contributed by atoms with Gasteiger partial charge in [-0.1, -0.05) is 55.8 Å². The smallest absolute Gasteiger partial charge is 0.316 e. The monoisotopic (exact) mass is 523 g/mol. The van der Waals surface area contributed by atoms with Crippen LogP contribution in [0.3, 0.4) is 0 Å². The molecule has 0 radical (unpaired) electrons. The molecule has 0 aromatic carbocycles. The van der Waals surface area contributed by atoms with Crippen LogP contribution in [0.1, 0.15) is 41.0 Å². The Balaban J connectivity index is 2.15. The van der Waals surface area contributed by atoms with Crippen molar-refractivity contribution in [2.45, 2.75) is 58.8 Å². The van der Waals surface area contributed by atoms with Crippen molar-refractivity contribution in [1.82, 2.24) is 0 Å². The second kappa shape index (κ2) is 10.8. The number of Topliss-reactive ketones (excluding diaryl/α,β-unsaturated/α-hetero) is 1. The second-order valence-corrected chi connectivity index (χ2v) is 10.8. The van der Waals surface area contributed by atoms with E-state index in [1.165, 1.54) is 13.8 Å². The van der Waals surface area contributed by atoms with Gasteiger partial charge in [0, 0.05) is 5.92 Å². The number of carbonyl (C=O) groups excluding carboxylic acids is 2.